The summed E-state index contributed by atoms with van der Waals surface area (Å²) in [7, 11) is 1.12. The Bertz CT molecular complexity index is 1230. The topological polar surface area (TPSA) is 142 Å². The molecule has 1 aromatic heterocycles. The van der Waals surface area contributed by atoms with Gasteiger partial charge in [0.1, 0.15) is 11.6 Å². The number of carboxylic acid groups (broad SMARTS) is 1. The minimum atomic E-state index is -1.46. The van der Waals surface area contributed by atoms with Crippen LogP contribution < -0.4 is 11.3 Å². The molecule has 2 atom stereocenters. The smallest absolute Gasteiger partial charge is 0.334 e. The molecule has 4 rings (SSSR count). The number of hydrogen-bond acceptors (Lipinski definition) is 8. The van der Waals surface area contributed by atoms with Gasteiger partial charge in [0.2, 0.25) is 5.12 Å². The fraction of sp³-hybridized carbons (Fsp3) is 0.250. The van der Waals surface area contributed by atoms with Gasteiger partial charge in [-0.2, -0.15) is 9.78 Å². The monoisotopic (exact) mass is 427 g/mol. The van der Waals surface area contributed by atoms with Crippen LogP contribution in [0.25, 0.3) is 11.4 Å². The molecule has 0 saturated carbocycles. The van der Waals surface area contributed by atoms with E-state index >= 15 is 0 Å². The number of aromatic nitrogens is 2. The molecule has 0 spiro atoms. The number of thioether (sulfide) groups is 1. The summed E-state index contributed by atoms with van der Waals surface area (Å²) in [6.07, 6.45) is 0. The third kappa shape index (κ3) is 2.53. The Hall–Kier alpha value is -3.40. The molecule has 1 aliphatic carbocycles. The number of nitrogens with two attached hydrogens (primary N) is 1. The van der Waals surface area contributed by atoms with Crippen molar-refractivity contribution in [3.8, 4) is 5.69 Å². The van der Waals surface area contributed by atoms with Crippen molar-refractivity contribution in [2.24, 2.45) is 11.7 Å². The number of methoxy groups -OCH3 is 1. The molecule has 3 N–H and O–H groups in total. The number of carboxylic acids is 1. The zero-order valence-corrected chi connectivity index (χ0v) is 17.1. The Morgan fingerprint density at radius 2 is 1.90 bits per heavy atom. The SMILES string of the molecule is COC(=O)C1C(C(=O)O)=C(N)c2c3c(nn(-c4ccc(C)cc4)c2=O)C(=O)S[C@@]31C. The first-order valence-corrected chi connectivity index (χ1v) is 9.72. The molecule has 1 unspecified atom stereocenters. The summed E-state index contributed by atoms with van der Waals surface area (Å²) in [6.45, 7) is 3.41. The van der Waals surface area contributed by atoms with Crippen LogP contribution in [0.2, 0.25) is 0 Å². The van der Waals surface area contributed by atoms with Crippen LogP contribution in [-0.4, -0.2) is 39.1 Å². The summed E-state index contributed by atoms with van der Waals surface area (Å²) in [5.41, 5.74) is 6.01. The number of nitrogens with zero attached hydrogens (tertiary/aromatic N) is 2. The lowest BCUT2D eigenvalue weighted by atomic mass is 9.73. The Labute approximate surface area is 174 Å². The summed E-state index contributed by atoms with van der Waals surface area (Å²) < 4.78 is 4.45. The summed E-state index contributed by atoms with van der Waals surface area (Å²) in [5.74, 6) is -3.70. The standard InChI is InChI=1S/C20H17N3O6S/c1-8-4-6-9(7-5-8)23-16(24)10-12-15(22-23)19(28)30-20(12,2)13(18(27)29-3)11(14(10)21)17(25)26/h4-7,13H,21H2,1-3H3,(H,25,26)/t13?,20-/m0/s1. The van der Waals surface area contributed by atoms with Gasteiger partial charge >= 0.3 is 11.9 Å². The highest BCUT2D eigenvalue weighted by Gasteiger charge is 2.59. The number of ether oxygens (including phenoxy) is 1. The van der Waals surface area contributed by atoms with Gasteiger partial charge in [0.15, 0.2) is 0 Å². The molecule has 154 valence electrons. The van der Waals surface area contributed by atoms with E-state index in [0.717, 1.165) is 29.1 Å². The van der Waals surface area contributed by atoms with Crippen LogP contribution in [0.3, 0.4) is 0 Å². The van der Waals surface area contributed by atoms with Crippen molar-refractivity contribution in [3.05, 3.63) is 62.6 Å². The van der Waals surface area contributed by atoms with Crippen LogP contribution in [-0.2, 0) is 19.1 Å². The van der Waals surface area contributed by atoms with Crippen molar-refractivity contribution in [2.45, 2.75) is 18.6 Å². The maximum atomic E-state index is 13.4. The maximum absolute atomic E-state index is 13.4. The summed E-state index contributed by atoms with van der Waals surface area (Å²) in [6, 6.07) is 6.87. The minimum absolute atomic E-state index is 0.0287. The van der Waals surface area contributed by atoms with E-state index in [-0.39, 0.29) is 22.5 Å². The van der Waals surface area contributed by atoms with Gasteiger partial charge < -0.3 is 15.6 Å². The van der Waals surface area contributed by atoms with Crippen molar-refractivity contribution in [2.75, 3.05) is 7.11 Å². The van der Waals surface area contributed by atoms with Gasteiger partial charge in [-0.3, -0.25) is 14.4 Å². The number of aliphatic carboxylic acids is 1. The lowest BCUT2D eigenvalue weighted by molar-refractivity contribution is -0.147. The van der Waals surface area contributed by atoms with Gasteiger partial charge in [0, 0.05) is 5.56 Å². The van der Waals surface area contributed by atoms with Crippen LogP contribution in [0.15, 0.2) is 34.6 Å². The average Bonchev–Trinajstić information content (AvgIpc) is 2.95. The molecule has 2 heterocycles. The number of esters is 1. The molecular formula is C20H17N3O6S. The number of benzene rings is 1. The fourth-order valence-corrected chi connectivity index (χ4v) is 5.28. The zero-order chi connectivity index (χ0) is 22.0. The molecule has 2 aromatic rings. The van der Waals surface area contributed by atoms with Gasteiger partial charge in [-0.25, -0.2) is 4.79 Å². The van der Waals surface area contributed by atoms with E-state index in [1.807, 2.05) is 6.92 Å². The quantitative estimate of drug-likeness (QED) is 0.691. The summed E-state index contributed by atoms with van der Waals surface area (Å²) in [5, 5.41) is 13.6. The first kappa shape index (κ1) is 19.9. The highest BCUT2D eigenvalue weighted by Crippen LogP contribution is 2.57. The van der Waals surface area contributed by atoms with Gasteiger partial charge in [-0.1, -0.05) is 29.5 Å². The highest BCUT2D eigenvalue weighted by molar-refractivity contribution is 8.15. The van der Waals surface area contributed by atoms with E-state index in [4.69, 9.17) is 10.5 Å². The summed E-state index contributed by atoms with van der Waals surface area (Å²) >= 11 is 0.745. The van der Waals surface area contributed by atoms with Crippen molar-refractivity contribution in [1.29, 1.82) is 0 Å². The molecular weight excluding hydrogens is 410 g/mol. The van der Waals surface area contributed by atoms with Crippen molar-refractivity contribution in [3.63, 3.8) is 0 Å². The molecule has 1 aromatic carbocycles. The Morgan fingerprint density at radius 1 is 1.27 bits per heavy atom. The lowest BCUT2D eigenvalue weighted by Crippen LogP contribution is -2.45. The molecule has 0 radical (unpaired) electrons. The Kier molecular flexibility index (Phi) is 4.35. The predicted molar refractivity (Wildman–Crippen MR) is 108 cm³/mol. The second kappa shape index (κ2) is 6.56. The fourth-order valence-electron chi connectivity index (χ4n) is 4.02. The first-order chi connectivity index (χ1) is 14.1. The van der Waals surface area contributed by atoms with Crippen LogP contribution in [0, 0.1) is 12.8 Å². The number of hydrogen-bond donors (Lipinski definition) is 2. The number of carbonyl (C=O) groups is 3. The molecule has 1 aliphatic heterocycles. The summed E-state index contributed by atoms with van der Waals surface area (Å²) in [4.78, 5) is 50.8. The second-order valence-electron chi connectivity index (χ2n) is 7.24. The van der Waals surface area contributed by atoms with E-state index in [1.165, 1.54) is 6.92 Å². The number of aryl methyl sites for hydroxylation is 1. The third-order valence-electron chi connectivity index (χ3n) is 5.43. The van der Waals surface area contributed by atoms with Crippen LogP contribution >= 0.6 is 11.8 Å². The largest absolute Gasteiger partial charge is 0.478 e. The van der Waals surface area contributed by atoms with Crippen molar-refractivity contribution >= 4 is 34.5 Å². The maximum Gasteiger partial charge on any atom is 0.334 e. The van der Waals surface area contributed by atoms with Gasteiger partial charge in [-0.05, 0) is 26.0 Å². The van der Waals surface area contributed by atoms with Gasteiger partial charge in [0.05, 0.1) is 34.4 Å². The highest BCUT2D eigenvalue weighted by atomic mass is 32.2. The number of carbonyl (C=O) groups excluding carboxylic acids is 2. The van der Waals surface area contributed by atoms with E-state index in [1.54, 1.807) is 24.3 Å². The normalized spacial score (nSPS) is 22.1. The molecule has 2 aliphatic rings. The molecule has 9 nitrogen and oxygen atoms in total. The molecule has 0 bridgehead atoms. The predicted octanol–water partition coefficient (Wildman–Crippen LogP) is 1.20. The van der Waals surface area contributed by atoms with E-state index < -0.39 is 38.9 Å². The van der Waals surface area contributed by atoms with Gasteiger partial charge in [0.25, 0.3) is 5.56 Å². The minimum Gasteiger partial charge on any atom is -0.478 e. The third-order valence-corrected chi connectivity index (χ3v) is 6.67. The lowest BCUT2D eigenvalue weighted by Gasteiger charge is -2.36. The molecule has 0 saturated heterocycles. The average molecular weight is 427 g/mol. The second-order valence-corrected chi connectivity index (χ2v) is 8.66. The van der Waals surface area contributed by atoms with E-state index in [0.29, 0.717) is 5.69 Å². The molecule has 0 fully saturated rings. The van der Waals surface area contributed by atoms with Crippen molar-refractivity contribution in [1.82, 2.24) is 9.78 Å². The molecule has 10 heteroatoms. The van der Waals surface area contributed by atoms with E-state index in [2.05, 4.69) is 5.10 Å². The zero-order valence-electron chi connectivity index (χ0n) is 16.3. The molecule has 30 heavy (non-hydrogen) atoms. The van der Waals surface area contributed by atoms with Crippen LogP contribution in [0.5, 0.6) is 0 Å². The van der Waals surface area contributed by atoms with Crippen LogP contribution in [0.1, 0.15) is 34.1 Å². The molecule has 0 amide bonds. The Morgan fingerprint density at radius 3 is 2.47 bits per heavy atom. The van der Waals surface area contributed by atoms with E-state index in [9.17, 15) is 24.3 Å². The first-order valence-electron chi connectivity index (χ1n) is 8.91. The number of rotatable bonds is 3. The Balaban J connectivity index is 2.13. The van der Waals surface area contributed by atoms with Crippen molar-refractivity contribution < 1.29 is 24.2 Å². The van der Waals surface area contributed by atoms with Gasteiger partial charge in [-0.15, -0.1) is 0 Å². The van der Waals surface area contributed by atoms with Crippen LogP contribution in [0.4, 0.5) is 0 Å².